The Hall–Kier alpha value is -3.02. The van der Waals surface area contributed by atoms with Gasteiger partial charge in [-0.3, -0.25) is 0 Å². The molecule has 0 unspecified atom stereocenters. The zero-order valence-corrected chi connectivity index (χ0v) is 19.0. The Labute approximate surface area is 181 Å². The number of carbonyl (C=O) groups excluding carboxylic acids is 2. The molecule has 2 aromatic carbocycles. The van der Waals surface area contributed by atoms with Crippen molar-refractivity contribution < 1.29 is 9.59 Å². The molecule has 0 fully saturated rings. The molecular weight excluding hydrogens is 443 g/mol. The number of anilines is 2. The molecule has 3 aromatic rings. The summed E-state index contributed by atoms with van der Waals surface area (Å²) in [6, 6.07) is 13.6. The van der Waals surface area contributed by atoms with Crippen LogP contribution in [0.15, 0.2) is 53.7 Å². The van der Waals surface area contributed by atoms with Crippen molar-refractivity contribution in [3.63, 3.8) is 0 Å². The number of rotatable bonds is 4. The second-order valence-corrected chi connectivity index (χ2v) is 10.4. The van der Waals surface area contributed by atoms with Crippen LogP contribution in [0, 0.1) is 6.92 Å². The number of hydrogen-bond acceptors (Lipinski definition) is 4. The Kier molecular flexibility index (Phi) is 5.18. The molecule has 0 atom stereocenters. The standard InChI is InChI=1S/C23H22N4O2Se/c1-13-5-10-17-16(11-13)19(26-17)21(29)27-22-24-12-18(30-22)20(28)25-15-8-6-14(7-9-15)23(2,3)4/h5-12H,1-4H3,(H,25,28)(H,24,27,29). The summed E-state index contributed by atoms with van der Waals surface area (Å²) in [7, 11) is 0. The van der Waals surface area contributed by atoms with Gasteiger partial charge in [-0.1, -0.05) is 0 Å². The summed E-state index contributed by atoms with van der Waals surface area (Å²) in [5.41, 5.74) is 5.15. The Morgan fingerprint density at radius 2 is 1.70 bits per heavy atom. The average molecular weight is 465 g/mol. The van der Waals surface area contributed by atoms with Crippen LogP contribution < -0.4 is 10.6 Å². The average Bonchev–Trinajstić information content (AvgIpc) is 3.12. The van der Waals surface area contributed by atoms with Crippen LogP contribution in [0.4, 0.5) is 16.1 Å². The van der Waals surface area contributed by atoms with Crippen LogP contribution in [-0.2, 0) is 10.2 Å². The molecular formula is C23H22N4O2Se. The van der Waals surface area contributed by atoms with Crippen LogP contribution in [0.1, 0.15) is 46.7 Å². The number of fused-ring (bicyclic) bond motifs is 1. The summed E-state index contributed by atoms with van der Waals surface area (Å²) in [6.45, 7) is 8.42. The second kappa shape index (κ2) is 7.67. The summed E-state index contributed by atoms with van der Waals surface area (Å²) in [4.78, 5) is 33.5. The number of aliphatic imine (C=N–C) groups is 1. The maximum atomic E-state index is 12.6. The number of carbonyl (C=O) groups is 2. The number of nitrogens with one attached hydrogen (secondary N) is 2. The van der Waals surface area contributed by atoms with Gasteiger partial charge in [-0.05, 0) is 0 Å². The number of aryl methyl sites for hydroxylation is 1. The van der Waals surface area contributed by atoms with Crippen molar-refractivity contribution >= 4 is 48.1 Å². The van der Waals surface area contributed by atoms with E-state index in [1.165, 1.54) is 11.8 Å². The SMILES string of the molecule is Cc1ccc2c(c1)C(C(=O)Nc1ncc(C(=O)Nc3ccc(C(C)(C)C)cc3)[se]1)=N2. The first-order valence-corrected chi connectivity index (χ1v) is 11.3. The Bertz CT molecular complexity index is 1170. The van der Waals surface area contributed by atoms with Gasteiger partial charge in [0.1, 0.15) is 0 Å². The van der Waals surface area contributed by atoms with Gasteiger partial charge < -0.3 is 0 Å². The van der Waals surface area contributed by atoms with Gasteiger partial charge in [0.2, 0.25) is 0 Å². The minimum atomic E-state index is -0.370. The predicted octanol–water partition coefficient (Wildman–Crippen LogP) is 4.07. The first-order valence-electron chi connectivity index (χ1n) is 9.59. The molecule has 0 saturated carbocycles. The van der Waals surface area contributed by atoms with Crippen LogP contribution in [0.2, 0.25) is 0 Å². The number of aromatic nitrogens is 1. The van der Waals surface area contributed by atoms with Crippen LogP contribution in [-0.4, -0.2) is 37.0 Å². The van der Waals surface area contributed by atoms with Gasteiger partial charge in [0.15, 0.2) is 0 Å². The van der Waals surface area contributed by atoms with E-state index in [9.17, 15) is 9.59 Å². The monoisotopic (exact) mass is 466 g/mol. The summed E-state index contributed by atoms with van der Waals surface area (Å²) in [6.07, 6.45) is 1.52. The van der Waals surface area contributed by atoms with Gasteiger partial charge in [0, 0.05) is 0 Å². The van der Waals surface area contributed by atoms with Gasteiger partial charge in [-0.25, -0.2) is 0 Å². The molecule has 0 aliphatic carbocycles. The summed E-state index contributed by atoms with van der Waals surface area (Å²) in [5.74, 6) is -0.491. The fourth-order valence-corrected chi connectivity index (χ4v) is 4.56. The molecule has 30 heavy (non-hydrogen) atoms. The molecule has 1 aliphatic heterocycles. The fraction of sp³-hybridized carbons (Fsp3) is 0.217. The fourth-order valence-electron chi connectivity index (χ4n) is 3.08. The third kappa shape index (κ3) is 4.13. The molecule has 2 heterocycles. The van der Waals surface area contributed by atoms with Gasteiger partial charge in [-0.2, -0.15) is 0 Å². The van der Waals surface area contributed by atoms with Crippen molar-refractivity contribution in [3.05, 3.63) is 69.8 Å². The van der Waals surface area contributed by atoms with Gasteiger partial charge in [-0.15, -0.1) is 0 Å². The molecule has 0 radical (unpaired) electrons. The van der Waals surface area contributed by atoms with E-state index in [0.717, 1.165) is 22.5 Å². The number of hydrogen-bond donors (Lipinski definition) is 2. The van der Waals surface area contributed by atoms with Crippen LogP contribution in [0.25, 0.3) is 0 Å². The zero-order chi connectivity index (χ0) is 21.5. The number of benzene rings is 2. The molecule has 0 spiro atoms. The van der Waals surface area contributed by atoms with E-state index >= 15 is 0 Å². The second-order valence-electron chi connectivity index (χ2n) is 8.25. The number of amides is 2. The third-order valence-corrected chi connectivity index (χ3v) is 6.73. The first kappa shape index (κ1) is 20.3. The van der Waals surface area contributed by atoms with E-state index < -0.39 is 0 Å². The van der Waals surface area contributed by atoms with Gasteiger partial charge >= 0.3 is 181 Å². The van der Waals surface area contributed by atoms with Crippen LogP contribution in [0.3, 0.4) is 0 Å². The van der Waals surface area contributed by atoms with E-state index in [2.05, 4.69) is 41.4 Å². The first-order chi connectivity index (χ1) is 14.2. The molecule has 2 amide bonds. The Balaban J connectivity index is 1.39. The van der Waals surface area contributed by atoms with E-state index in [1.807, 2.05) is 49.4 Å². The number of nitrogens with zero attached hydrogens (tertiary/aromatic N) is 2. The molecule has 4 rings (SSSR count). The molecule has 152 valence electrons. The summed E-state index contributed by atoms with van der Waals surface area (Å²) >= 11 is -0.370. The maximum absolute atomic E-state index is 12.6. The van der Waals surface area contributed by atoms with Crippen molar-refractivity contribution in [1.82, 2.24) is 4.98 Å². The normalized spacial score (nSPS) is 12.5. The molecule has 1 aliphatic rings. The van der Waals surface area contributed by atoms with Crippen molar-refractivity contribution in [2.45, 2.75) is 33.1 Å². The topological polar surface area (TPSA) is 83.5 Å². The minimum absolute atomic E-state index is 0.0600. The zero-order valence-electron chi connectivity index (χ0n) is 17.2. The summed E-state index contributed by atoms with van der Waals surface area (Å²) < 4.78 is 1.06. The van der Waals surface area contributed by atoms with E-state index in [-0.39, 0.29) is 31.7 Å². The van der Waals surface area contributed by atoms with Gasteiger partial charge in [0.05, 0.1) is 0 Å². The third-order valence-electron chi connectivity index (χ3n) is 4.81. The van der Waals surface area contributed by atoms with E-state index in [1.54, 1.807) is 0 Å². The van der Waals surface area contributed by atoms with Crippen molar-refractivity contribution in [1.29, 1.82) is 0 Å². The summed E-state index contributed by atoms with van der Waals surface area (Å²) in [5, 5.41) is 5.69. The predicted molar refractivity (Wildman–Crippen MR) is 120 cm³/mol. The molecule has 1 aromatic heterocycles. The Morgan fingerprint density at radius 1 is 0.967 bits per heavy atom. The Morgan fingerprint density at radius 3 is 2.40 bits per heavy atom. The van der Waals surface area contributed by atoms with Crippen LogP contribution >= 0.6 is 0 Å². The van der Waals surface area contributed by atoms with Gasteiger partial charge in [0.25, 0.3) is 0 Å². The van der Waals surface area contributed by atoms with Crippen LogP contribution in [0.5, 0.6) is 0 Å². The molecule has 7 heteroatoms. The van der Waals surface area contributed by atoms with Crippen molar-refractivity contribution in [2.75, 3.05) is 10.6 Å². The van der Waals surface area contributed by atoms with E-state index in [4.69, 9.17) is 0 Å². The van der Waals surface area contributed by atoms with Crippen molar-refractivity contribution in [3.8, 4) is 0 Å². The van der Waals surface area contributed by atoms with E-state index in [0.29, 0.717) is 14.8 Å². The molecule has 6 nitrogen and oxygen atoms in total. The molecule has 0 bridgehead atoms. The van der Waals surface area contributed by atoms with Crippen molar-refractivity contribution in [2.24, 2.45) is 4.99 Å². The molecule has 2 N–H and O–H groups in total. The quantitative estimate of drug-likeness (QED) is 0.570. The molecule has 0 saturated heterocycles.